The molecule has 1 aliphatic rings. The molecule has 1 unspecified atom stereocenters. The van der Waals surface area contributed by atoms with E-state index >= 15 is 0 Å². The Morgan fingerprint density at radius 2 is 1.84 bits per heavy atom. The fraction of sp³-hybridized carbons (Fsp3) is 0.235. The maximum Gasteiger partial charge on any atom is 0.412 e. The summed E-state index contributed by atoms with van der Waals surface area (Å²) in [5.74, 6) is -1.58. The van der Waals surface area contributed by atoms with Gasteiger partial charge in [-0.1, -0.05) is 12.1 Å². The van der Waals surface area contributed by atoms with E-state index < -0.39 is 42.6 Å². The maximum absolute atomic E-state index is 13.6. The van der Waals surface area contributed by atoms with Crippen LogP contribution in [0.15, 0.2) is 42.5 Å². The van der Waals surface area contributed by atoms with E-state index in [4.69, 9.17) is 0 Å². The summed E-state index contributed by atoms with van der Waals surface area (Å²) >= 11 is 0. The molecule has 1 atom stereocenters. The molecule has 3 rings (SSSR count). The highest BCUT2D eigenvalue weighted by Gasteiger charge is 2.45. The molecule has 0 aliphatic carbocycles. The molecular weight excluding hydrogens is 343 g/mol. The number of para-hydroxylation sites is 2. The van der Waals surface area contributed by atoms with E-state index in [1.165, 1.54) is 18.2 Å². The molecule has 2 aromatic rings. The van der Waals surface area contributed by atoms with Gasteiger partial charge in [0.2, 0.25) is 5.91 Å². The zero-order valence-electron chi connectivity index (χ0n) is 12.8. The topological polar surface area (TPSA) is 32.3 Å². The van der Waals surface area contributed by atoms with Gasteiger partial charge in [0.05, 0.1) is 30.2 Å². The molecule has 1 aliphatic heterocycles. The Hall–Kier alpha value is -2.64. The van der Waals surface area contributed by atoms with Crippen molar-refractivity contribution in [3.8, 4) is 0 Å². The number of hydrogen-bond acceptors (Lipinski definition) is 2. The number of carbonyl (C=O) groups excluding carboxylic acids is 1. The van der Waals surface area contributed by atoms with Crippen LogP contribution in [-0.2, 0) is 4.79 Å². The fourth-order valence-corrected chi connectivity index (χ4v) is 2.83. The third kappa shape index (κ3) is 3.16. The Balaban J connectivity index is 2.28. The molecule has 8 heteroatoms. The first kappa shape index (κ1) is 17.2. The SMILES string of the molecule is O=C(CCF)N1c2ccccc2NC(C(F)(F)F)c2cc(F)ccc21. The van der Waals surface area contributed by atoms with Crippen molar-refractivity contribution >= 4 is 23.0 Å². The molecule has 2 aromatic carbocycles. The van der Waals surface area contributed by atoms with Crippen LogP contribution in [0.3, 0.4) is 0 Å². The second-order valence-corrected chi connectivity index (χ2v) is 5.51. The van der Waals surface area contributed by atoms with Gasteiger partial charge in [0.1, 0.15) is 5.82 Å². The maximum atomic E-state index is 13.6. The number of nitrogens with zero attached hydrogens (tertiary/aromatic N) is 1. The first-order valence-electron chi connectivity index (χ1n) is 7.43. The number of fused-ring (bicyclic) bond motifs is 2. The average molecular weight is 356 g/mol. The van der Waals surface area contributed by atoms with Crippen molar-refractivity contribution < 1.29 is 26.7 Å². The number of nitrogens with one attached hydrogen (secondary N) is 1. The molecule has 0 aromatic heterocycles. The summed E-state index contributed by atoms with van der Waals surface area (Å²) in [6, 6.07) is 6.49. The average Bonchev–Trinajstić information content (AvgIpc) is 2.69. The van der Waals surface area contributed by atoms with Crippen molar-refractivity contribution in [2.75, 3.05) is 16.9 Å². The van der Waals surface area contributed by atoms with Crippen LogP contribution >= 0.6 is 0 Å². The van der Waals surface area contributed by atoms with E-state index in [1.54, 1.807) is 6.07 Å². The Labute approximate surface area is 140 Å². The van der Waals surface area contributed by atoms with Crippen LogP contribution in [0.1, 0.15) is 18.0 Å². The van der Waals surface area contributed by atoms with Crippen molar-refractivity contribution in [2.24, 2.45) is 0 Å². The third-order valence-electron chi connectivity index (χ3n) is 3.87. The van der Waals surface area contributed by atoms with Gasteiger partial charge in [-0.2, -0.15) is 13.2 Å². The van der Waals surface area contributed by atoms with Gasteiger partial charge in [-0.25, -0.2) is 4.39 Å². The Morgan fingerprint density at radius 3 is 2.52 bits per heavy atom. The zero-order valence-corrected chi connectivity index (χ0v) is 12.8. The molecule has 0 fully saturated rings. The summed E-state index contributed by atoms with van der Waals surface area (Å²) in [6.07, 6.45) is -5.23. The number of anilines is 3. The van der Waals surface area contributed by atoms with Crippen LogP contribution in [0.2, 0.25) is 0 Å². The van der Waals surface area contributed by atoms with Gasteiger partial charge in [0, 0.05) is 5.56 Å². The first-order valence-corrected chi connectivity index (χ1v) is 7.43. The highest BCUT2D eigenvalue weighted by molar-refractivity contribution is 6.04. The summed E-state index contributed by atoms with van der Waals surface area (Å²) in [7, 11) is 0. The first-order chi connectivity index (χ1) is 11.8. The van der Waals surface area contributed by atoms with Crippen molar-refractivity contribution in [1.82, 2.24) is 0 Å². The minimum atomic E-state index is -4.73. The lowest BCUT2D eigenvalue weighted by molar-refractivity contribution is -0.143. The van der Waals surface area contributed by atoms with Crippen LogP contribution < -0.4 is 10.2 Å². The normalized spacial score (nSPS) is 16.5. The standard InChI is InChI=1S/C17H13F5N2O/c18-8-7-15(25)24-13-6-5-10(19)9-11(13)16(17(20,21)22)23-12-3-1-2-4-14(12)24/h1-6,9,16,23H,7-8H2. The Kier molecular flexibility index (Phi) is 4.36. The number of alkyl halides is 4. The second-order valence-electron chi connectivity index (χ2n) is 5.51. The van der Waals surface area contributed by atoms with E-state index in [-0.39, 0.29) is 17.1 Å². The van der Waals surface area contributed by atoms with Gasteiger partial charge in [-0.3, -0.25) is 14.1 Å². The summed E-state index contributed by atoms with van der Waals surface area (Å²) in [5, 5.41) is 2.33. The van der Waals surface area contributed by atoms with E-state index in [0.29, 0.717) is 0 Å². The second kappa shape index (κ2) is 6.34. The van der Waals surface area contributed by atoms with Crippen molar-refractivity contribution in [3.05, 3.63) is 53.8 Å². The lowest BCUT2D eigenvalue weighted by Crippen LogP contribution is -2.29. The molecule has 132 valence electrons. The molecule has 25 heavy (non-hydrogen) atoms. The number of halogens is 5. The van der Waals surface area contributed by atoms with Gasteiger partial charge in [-0.15, -0.1) is 0 Å². The van der Waals surface area contributed by atoms with Gasteiger partial charge in [-0.05, 0) is 30.3 Å². The van der Waals surface area contributed by atoms with Crippen LogP contribution in [0.4, 0.5) is 39.0 Å². The Bertz CT molecular complexity index is 806. The molecule has 0 radical (unpaired) electrons. The number of carbonyl (C=O) groups is 1. The van der Waals surface area contributed by atoms with Crippen LogP contribution in [0.5, 0.6) is 0 Å². The number of benzene rings is 2. The summed E-state index contributed by atoms with van der Waals surface area (Å²) in [5.41, 5.74) is -0.357. The van der Waals surface area contributed by atoms with Gasteiger partial charge >= 0.3 is 6.18 Å². The molecule has 1 amide bonds. The predicted molar refractivity (Wildman–Crippen MR) is 83.0 cm³/mol. The molecule has 1 N–H and O–H groups in total. The van der Waals surface area contributed by atoms with Crippen molar-refractivity contribution in [3.63, 3.8) is 0 Å². The van der Waals surface area contributed by atoms with E-state index in [1.807, 2.05) is 0 Å². The molecule has 0 spiro atoms. The summed E-state index contributed by atoms with van der Waals surface area (Å²) in [6.45, 7) is -0.954. The third-order valence-corrected chi connectivity index (χ3v) is 3.87. The summed E-state index contributed by atoms with van der Waals surface area (Å²) < 4.78 is 67.0. The van der Waals surface area contributed by atoms with Crippen LogP contribution in [0.25, 0.3) is 0 Å². The quantitative estimate of drug-likeness (QED) is 0.778. The Morgan fingerprint density at radius 1 is 1.12 bits per heavy atom. The van der Waals surface area contributed by atoms with Crippen molar-refractivity contribution in [2.45, 2.75) is 18.6 Å². The van der Waals surface area contributed by atoms with Crippen LogP contribution in [-0.4, -0.2) is 18.8 Å². The predicted octanol–water partition coefficient (Wildman–Crippen LogP) is 4.88. The lowest BCUT2D eigenvalue weighted by Gasteiger charge is -2.25. The minimum Gasteiger partial charge on any atom is -0.369 e. The lowest BCUT2D eigenvalue weighted by atomic mass is 10.0. The molecule has 3 nitrogen and oxygen atoms in total. The van der Waals surface area contributed by atoms with Crippen LogP contribution in [0, 0.1) is 5.82 Å². The highest BCUT2D eigenvalue weighted by atomic mass is 19.4. The number of hydrogen-bond donors (Lipinski definition) is 1. The highest BCUT2D eigenvalue weighted by Crippen LogP contribution is 2.47. The smallest absolute Gasteiger partial charge is 0.369 e. The molecule has 0 saturated carbocycles. The molecule has 1 heterocycles. The fourth-order valence-electron chi connectivity index (χ4n) is 2.83. The van der Waals surface area contributed by atoms with Gasteiger partial charge < -0.3 is 5.32 Å². The summed E-state index contributed by atoms with van der Waals surface area (Å²) in [4.78, 5) is 13.4. The van der Waals surface area contributed by atoms with Gasteiger partial charge in [0.25, 0.3) is 0 Å². The minimum absolute atomic E-state index is 0.0497. The van der Waals surface area contributed by atoms with E-state index in [9.17, 15) is 26.7 Å². The number of amides is 1. The zero-order chi connectivity index (χ0) is 18.2. The monoisotopic (exact) mass is 356 g/mol. The number of rotatable bonds is 2. The largest absolute Gasteiger partial charge is 0.412 e. The van der Waals surface area contributed by atoms with Crippen molar-refractivity contribution in [1.29, 1.82) is 0 Å². The van der Waals surface area contributed by atoms with E-state index in [0.717, 1.165) is 23.1 Å². The van der Waals surface area contributed by atoms with E-state index in [2.05, 4.69) is 5.32 Å². The molecule has 0 saturated heterocycles. The van der Waals surface area contributed by atoms with Gasteiger partial charge in [0.15, 0.2) is 6.04 Å². The molecule has 0 bridgehead atoms. The molecular formula is C17H13F5N2O.